The SMILES string of the molecule is COc1ccccc1NC(=O)CSc1c(=O)o[nH][n+]1-c1ccc(C)cc1. The molecule has 0 aliphatic rings. The molecule has 0 spiro atoms. The van der Waals surface area contributed by atoms with Crippen LogP contribution in [0.2, 0.25) is 0 Å². The molecule has 8 heteroatoms. The van der Waals surface area contributed by atoms with Gasteiger partial charge in [-0.05, 0) is 40.8 Å². The van der Waals surface area contributed by atoms with Crippen LogP contribution >= 0.6 is 11.8 Å². The molecule has 2 N–H and O–H groups in total. The van der Waals surface area contributed by atoms with Crippen LogP contribution in [-0.2, 0) is 4.79 Å². The number of aromatic nitrogens is 2. The summed E-state index contributed by atoms with van der Waals surface area (Å²) in [6, 6.07) is 14.7. The molecule has 1 amide bonds. The zero-order valence-corrected chi connectivity index (χ0v) is 15.1. The van der Waals surface area contributed by atoms with Gasteiger partial charge in [-0.15, -0.1) is 0 Å². The third-order valence-corrected chi connectivity index (χ3v) is 4.65. The van der Waals surface area contributed by atoms with Gasteiger partial charge < -0.3 is 10.1 Å². The highest BCUT2D eigenvalue weighted by Gasteiger charge is 2.25. The van der Waals surface area contributed by atoms with Crippen molar-refractivity contribution in [1.82, 2.24) is 5.27 Å². The molecule has 0 aliphatic carbocycles. The Morgan fingerprint density at radius 3 is 2.69 bits per heavy atom. The van der Waals surface area contributed by atoms with E-state index in [4.69, 9.17) is 9.26 Å². The highest BCUT2D eigenvalue weighted by molar-refractivity contribution is 7.99. The lowest BCUT2D eigenvalue weighted by Gasteiger charge is -2.08. The molecule has 0 saturated carbocycles. The van der Waals surface area contributed by atoms with Crippen LogP contribution in [0.1, 0.15) is 5.56 Å². The first-order valence-electron chi connectivity index (χ1n) is 7.84. The van der Waals surface area contributed by atoms with E-state index in [1.54, 1.807) is 18.2 Å². The number of carbonyl (C=O) groups excluding carboxylic acids is 1. The molecule has 7 nitrogen and oxygen atoms in total. The number of anilines is 1. The average Bonchev–Trinajstić information content (AvgIpc) is 3.01. The number of carbonyl (C=O) groups is 1. The van der Waals surface area contributed by atoms with Gasteiger partial charge in [-0.25, -0.2) is 4.79 Å². The molecule has 0 bridgehead atoms. The maximum atomic E-state index is 12.2. The van der Waals surface area contributed by atoms with Crippen molar-refractivity contribution >= 4 is 23.4 Å². The van der Waals surface area contributed by atoms with E-state index in [2.05, 4.69) is 10.6 Å². The van der Waals surface area contributed by atoms with E-state index in [1.807, 2.05) is 37.3 Å². The molecule has 26 heavy (non-hydrogen) atoms. The lowest BCUT2D eigenvalue weighted by molar-refractivity contribution is -0.704. The summed E-state index contributed by atoms with van der Waals surface area (Å²) in [5.41, 5.74) is 1.90. The van der Waals surface area contributed by atoms with Gasteiger partial charge in [0.1, 0.15) is 5.75 Å². The molecule has 134 valence electrons. The van der Waals surface area contributed by atoms with Crippen LogP contribution in [-0.4, -0.2) is 24.0 Å². The first-order valence-corrected chi connectivity index (χ1v) is 8.83. The minimum absolute atomic E-state index is 0.0481. The Hall–Kier alpha value is -3.00. The fourth-order valence-electron chi connectivity index (χ4n) is 2.32. The zero-order valence-electron chi connectivity index (χ0n) is 14.3. The highest BCUT2D eigenvalue weighted by Crippen LogP contribution is 2.23. The topological polar surface area (TPSA) is 88.2 Å². The Labute approximate surface area is 153 Å². The van der Waals surface area contributed by atoms with Crippen molar-refractivity contribution in [2.75, 3.05) is 18.2 Å². The van der Waals surface area contributed by atoms with Gasteiger partial charge in [-0.1, -0.05) is 29.8 Å². The fraction of sp³-hybridized carbons (Fsp3) is 0.167. The van der Waals surface area contributed by atoms with E-state index in [9.17, 15) is 9.59 Å². The van der Waals surface area contributed by atoms with E-state index < -0.39 is 5.63 Å². The largest absolute Gasteiger partial charge is 0.495 e. The molecular formula is C18H18N3O4S+. The van der Waals surface area contributed by atoms with Gasteiger partial charge in [-0.2, -0.15) is 0 Å². The summed E-state index contributed by atoms with van der Waals surface area (Å²) in [4.78, 5) is 24.2. The van der Waals surface area contributed by atoms with Gasteiger partial charge in [0.15, 0.2) is 0 Å². The lowest BCUT2D eigenvalue weighted by Crippen LogP contribution is -2.36. The van der Waals surface area contributed by atoms with Crippen LogP contribution in [0.3, 0.4) is 0 Å². The predicted octanol–water partition coefficient (Wildman–Crippen LogP) is 2.29. The Balaban J connectivity index is 1.72. The molecule has 3 rings (SSSR count). The fourth-order valence-corrected chi connectivity index (χ4v) is 3.09. The van der Waals surface area contributed by atoms with Crippen LogP contribution in [0.25, 0.3) is 5.69 Å². The maximum Gasteiger partial charge on any atom is 0.442 e. The minimum Gasteiger partial charge on any atom is -0.495 e. The Morgan fingerprint density at radius 2 is 1.96 bits per heavy atom. The molecule has 1 aromatic heterocycles. The number of benzene rings is 2. The number of aryl methyl sites for hydroxylation is 1. The second-order valence-corrected chi connectivity index (χ2v) is 6.46. The zero-order chi connectivity index (χ0) is 18.5. The van der Waals surface area contributed by atoms with Crippen molar-refractivity contribution in [2.45, 2.75) is 11.9 Å². The smallest absolute Gasteiger partial charge is 0.442 e. The number of amides is 1. The Bertz CT molecular complexity index is 963. The second-order valence-electron chi connectivity index (χ2n) is 5.49. The number of hydrogen-bond donors (Lipinski definition) is 2. The number of aromatic amines is 1. The molecule has 0 aliphatic heterocycles. The quantitative estimate of drug-likeness (QED) is 0.512. The van der Waals surface area contributed by atoms with Crippen LogP contribution in [0.4, 0.5) is 5.69 Å². The van der Waals surface area contributed by atoms with E-state index in [0.29, 0.717) is 16.5 Å². The monoisotopic (exact) mass is 372 g/mol. The van der Waals surface area contributed by atoms with Gasteiger partial charge in [0.2, 0.25) is 11.6 Å². The summed E-state index contributed by atoms with van der Waals surface area (Å²) in [7, 11) is 1.54. The summed E-state index contributed by atoms with van der Waals surface area (Å²) in [5, 5.41) is 5.63. The van der Waals surface area contributed by atoms with Gasteiger partial charge >= 0.3 is 10.7 Å². The number of methoxy groups -OCH3 is 1. The first kappa shape index (κ1) is 17.8. The normalized spacial score (nSPS) is 10.5. The number of nitrogens with one attached hydrogen (secondary N) is 2. The van der Waals surface area contributed by atoms with E-state index >= 15 is 0 Å². The Kier molecular flexibility index (Phi) is 5.43. The number of ether oxygens (including phenoxy) is 1. The van der Waals surface area contributed by atoms with Crippen LogP contribution < -0.4 is 20.4 Å². The van der Waals surface area contributed by atoms with Crippen LogP contribution in [0.15, 0.2) is 62.9 Å². The molecule has 0 saturated heterocycles. The molecule has 1 heterocycles. The van der Waals surface area contributed by atoms with Crippen molar-refractivity contribution in [3.05, 3.63) is 64.5 Å². The maximum absolute atomic E-state index is 12.2. The average molecular weight is 372 g/mol. The Morgan fingerprint density at radius 1 is 1.23 bits per heavy atom. The van der Waals surface area contributed by atoms with Gasteiger partial charge in [-0.3, -0.25) is 9.32 Å². The number of thioether (sulfide) groups is 1. The van der Waals surface area contributed by atoms with E-state index in [-0.39, 0.29) is 11.7 Å². The summed E-state index contributed by atoms with van der Waals surface area (Å²) in [6.07, 6.45) is 0. The number of nitrogens with zero attached hydrogens (tertiary/aromatic N) is 1. The number of rotatable bonds is 6. The van der Waals surface area contributed by atoms with Crippen molar-refractivity contribution < 1.29 is 18.7 Å². The predicted molar refractivity (Wildman–Crippen MR) is 97.9 cm³/mol. The van der Waals surface area contributed by atoms with Crippen LogP contribution in [0.5, 0.6) is 5.75 Å². The van der Waals surface area contributed by atoms with Crippen molar-refractivity contribution in [3.8, 4) is 11.4 Å². The standard InChI is InChI=1S/C18H17N3O4S/c1-12-7-9-13(10-8-12)21-17(18(23)25-20-21)26-11-16(22)19-14-5-3-4-6-15(14)24-2/h3-10H,11H2,1-2H3,(H-,19,20,22,23)/p+1. The number of para-hydroxylation sites is 2. The van der Waals surface area contributed by atoms with Crippen molar-refractivity contribution in [3.63, 3.8) is 0 Å². The van der Waals surface area contributed by atoms with Gasteiger partial charge in [0.05, 0.1) is 18.6 Å². The molecule has 2 aromatic carbocycles. The number of hydrogen-bond acceptors (Lipinski definition) is 5. The van der Waals surface area contributed by atoms with Crippen molar-refractivity contribution in [1.29, 1.82) is 0 Å². The van der Waals surface area contributed by atoms with E-state index in [1.165, 1.54) is 11.8 Å². The minimum atomic E-state index is -0.527. The van der Waals surface area contributed by atoms with Gasteiger partial charge in [0.25, 0.3) is 0 Å². The van der Waals surface area contributed by atoms with Gasteiger partial charge in [0, 0.05) is 12.1 Å². The summed E-state index contributed by atoms with van der Waals surface area (Å²) < 4.78 is 11.6. The third kappa shape index (κ3) is 3.97. The van der Waals surface area contributed by atoms with Crippen molar-refractivity contribution in [2.24, 2.45) is 0 Å². The number of H-pyrrole nitrogens is 1. The molecule has 0 radical (unpaired) electrons. The molecular weight excluding hydrogens is 354 g/mol. The van der Waals surface area contributed by atoms with E-state index in [0.717, 1.165) is 23.0 Å². The molecule has 0 unspecified atom stereocenters. The summed E-state index contributed by atoms with van der Waals surface area (Å²) in [6.45, 7) is 1.98. The molecule has 0 atom stereocenters. The summed E-state index contributed by atoms with van der Waals surface area (Å²) in [5.74, 6) is 0.365. The summed E-state index contributed by atoms with van der Waals surface area (Å²) >= 11 is 1.09. The lowest BCUT2D eigenvalue weighted by atomic mass is 10.2. The first-order chi connectivity index (χ1) is 12.6. The van der Waals surface area contributed by atoms with Crippen LogP contribution in [0, 0.1) is 6.92 Å². The second kappa shape index (κ2) is 7.92. The molecule has 3 aromatic rings. The molecule has 0 fully saturated rings. The highest BCUT2D eigenvalue weighted by atomic mass is 32.2. The third-order valence-electron chi connectivity index (χ3n) is 3.62.